The Balaban J connectivity index is 2.13. The number of likely N-dealkylation sites (tertiary alicyclic amines) is 1. The summed E-state index contributed by atoms with van der Waals surface area (Å²) in [4.78, 5) is 14.5. The van der Waals surface area contributed by atoms with Crippen molar-refractivity contribution in [2.45, 2.75) is 33.1 Å². The Hall–Kier alpha value is -1.13. The number of ketones is 1. The summed E-state index contributed by atoms with van der Waals surface area (Å²) in [7, 11) is 0. The van der Waals surface area contributed by atoms with Crippen LogP contribution in [0.4, 0.5) is 0 Å². The van der Waals surface area contributed by atoms with Crippen LogP contribution in [-0.2, 0) is 4.79 Å². The van der Waals surface area contributed by atoms with Crippen molar-refractivity contribution in [2.24, 2.45) is 0 Å². The molecule has 120 valence electrons. The molecule has 0 N–H and O–H groups in total. The smallest absolute Gasteiger partial charge is 0.161 e. The molecular formula is C18H24BrNO2. The number of hydrogen-bond acceptors (Lipinski definition) is 3. The first-order valence-corrected chi connectivity index (χ1v) is 8.81. The Kier molecular flexibility index (Phi) is 6.65. The third-order valence-electron chi connectivity index (χ3n) is 3.71. The Labute approximate surface area is 141 Å². The zero-order valence-electron chi connectivity index (χ0n) is 13.4. The van der Waals surface area contributed by atoms with Gasteiger partial charge in [0, 0.05) is 25.1 Å². The molecule has 0 aliphatic carbocycles. The average Bonchev–Trinajstić information content (AvgIpc) is 2.50. The maximum absolute atomic E-state index is 12.1. The van der Waals surface area contributed by atoms with Crippen molar-refractivity contribution in [3.63, 3.8) is 0 Å². The van der Waals surface area contributed by atoms with E-state index in [1.807, 2.05) is 24.3 Å². The normalized spacial score (nSPS) is 18.0. The SMILES string of the molecule is CCCOc1ccc(/C=C2\CN(CCC)CCC2=O)cc1Br. The molecule has 1 aromatic carbocycles. The minimum absolute atomic E-state index is 0.273. The molecule has 1 aliphatic heterocycles. The van der Waals surface area contributed by atoms with Crippen LogP contribution in [0.25, 0.3) is 6.08 Å². The van der Waals surface area contributed by atoms with Gasteiger partial charge in [0.2, 0.25) is 0 Å². The van der Waals surface area contributed by atoms with E-state index < -0.39 is 0 Å². The van der Waals surface area contributed by atoms with Gasteiger partial charge in [0.05, 0.1) is 11.1 Å². The number of nitrogens with zero attached hydrogens (tertiary/aromatic N) is 1. The van der Waals surface area contributed by atoms with Crippen molar-refractivity contribution in [3.8, 4) is 5.75 Å². The molecule has 0 spiro atoms. The molecule has 1 heterocycles. The lowest BCUT2D eigenvalue weighted by Gasteiger charge is -2.27. The summed E-state index contributed by atoms with van der Waals surface area (Å²) in [5.41, 5.74) is 1.95. The zero-order valence-corrected chi connectivity index (χ0v) is 15.0. The third-order valence-corrected chi connectivity index (χ3v) is 4.33. The highest BCUT2D eigenvalue weighted by molar-refractivity contribution is 9.10. The number of carbonyl (C=O) groups excluding carboxylic acids is 1. The van der Waals surface area contributed by atoms with E-state index in [0.717, 1.165) is 53.8 Å². The van der Waals surface area contributed by atoms with Gasteiger partial charge in [0.15, 0.2) is 5.78 Å². The van der Waals surface area contributed by atoms with E-state index in [1.54, 1.807) is 0 Å². The van der Waals surface area contributed by atoms with Crippen molar-refractivity contribution < 1.29 is 9.53 Å². The van der Waals surface area contributed by atoms with Gasteiger partial charge in [-0.15, -0.1) is 0 Å². The highest BCUT2D eigenvalue weighted by Gasteiger charge is 2.20. The molecule has 0 aromatic heterocycles. The monoisotopic (exact) mass is 365 g/mol. The number of halogens is 1. The van der Waals surface area contributed by atoms with Crippen LogP contribution in [-0.4, -0.2) is 36.9 Å². The number of carbonyl (C=O) groups is 1. The summed E-state index contributed by atoms with van der Waals surface area (Å²) in [6, 6.07) is 5.99. The van der Waals surface area contributed by atoms with Crippen LogP contribution in [0.2, 0.25) is 0 Å². The summed E-state index contributed by atoms with van der Waals surface area (Å²) < 4.78 is 6.59. The molecule has 0 atom stereocenters. The topological polar surface area (TPSA) is 29.5 Å². The average molecular weight is 366 g/mol. The van der Waals surface area contributed by atoms with E-state index in [4.69, 9.17) is 4.74 Å². The second-order valence-corrected chi connectivity index (χ2v) is 6.51. The first kappa shape index (κ1) is 17.2. The molecule has 1 aliphatic rings. The van der Waals surface area contributed by atoms with Gasteiger partial charge in [-0.05, 0) is 59.1 Å². The van der Waals surface area contributed by atoms with E-state index in [9.17, 15) is 4.79 Å². The van der Waals surface area contributed by atoms with Gasteiger partial charge in [0.1, 0.15) is 5.75 Å². The molecule has 22 heavy (non-hydrogen) atoms. The number of ether oxygens (including phenoxy) is 1. The molecule has 1 fully saturated rings. The molecule has 4 heteroatoms. The molecule has 1 aromatic rings. The van der Waals surface area contributed by atoms with Crippen LogP contribution < -0.4 is 4.74 Å². The van der Waals surface area contributed by atoms with Gasteiger partial charge in [0.25, 0.3) is 0 Å². The molecule has 0 radical (unpaired) electrons. The highest BCUT2D eigenvalue weighted by Crippen LogP contribution is 2.27. The minimum atomic E-state index is 0.273. The molecule has 0 saturated carbocycles. The van der Waals surface area contributed by atoms with Gasteiger partial charge in [-0.2, -0.15) is 0 Å². The molecular weight excluding hydrogens is 342 g/mol. The lowest BCUT2D eigenvalue weighted by molar-refractivity contribution is -0.117. The summed E-state index contributed by atoms with van der Waals surface area (Å²) in [6.45, 7) is 7.67. The molecule has 3 nitrogen and oxygen atoms in total. The maximum Gasteiger partial charge on any atom is 0.161 e. The molecule has 0 amide bonds. The van der Waals surface area contributed by atoms with E-state index in [1.165, 1.54) is 0 Å². The van der Waals surface area contributed by atoms with E-state index in [2.05, 4.69) is 34.7 Å². The fourth-order valence-corrected chi connectivity index (χ4v) is 3.11. The Morgan fingerprint density at radius 2 is 2.14 bits per heavy atom. The van der Waals surface area contributed by atoms with Crippen LogP contribution in [0, 0.1) is 0 Å². The lowest BCUT2D eigenvalue weighted by Crippen LogP contribution is -2.36. The summed E-state index contributed by atoms with van der Waals surface area (Å²) in [5, 5.41) is 0. The first-order chi connectivity index (χ1) is 10.6. The molecule has 0 unspecified atom stereocenters. The summed E-state index contributed by atoms with van der Waals surface area (Å²) in [6.07, 6.45) is 4.75. The van der Waals surface area contributed by atoms with Crippen molar-refractivity contribution in [2.75, 3.05) is 26.2 Å². The van der Waals surface area contributed by atoms with Gasteiger partial charge in [-0.3, -0.25) is 9.69 Å². The van der Waals surface area contributed by atoms with Gasteiger partial charge < -0.3 is 4.74 Å². The quantitative estimate of drug-likeness (QED) is 0.703. The van der Waals surface area contributed by atoms with Crippen molar-refractivity contribution >= 4 is 27.8 Å². The lowest BCUT2D eigenvalue weighted by atomic mass is 10.00. The molecule has 2 rings (SSSR count). The summed E-state index contributed by atoms with van der Waals surface area (Å²) >= 11 is 3.54. The number of piperidine rings is 1. The van der Waals surface area contributed by atoms with Gasteiger partial charge in [-0.1, -0.05) is 19.9 Å². The Morgan fingerprint density at radius 3 is 2.82 bits per heavy atom. The third kappa shape index (κ3) is 4.68. The van der Waals surface area contributed by atoms with E-state index in [0.29, 0.717) is 13.0 Å². The van der Waals surface area contributed by atoms with E-state index >= 15 is 0 Å². The number of hydrogen-bond donors (Lipinski definition) is 0. The molecule has 1 saturated heterocycles. The van der Waals surface area contributed by atoms with Crippen LogP contribution >= 0.6 is 15.9 Å². The van der Waals surface area contributed by atoms with Crippen molar-refractivity contribution in [3.05, 3.63) is 33.8 Å². The van der Waals surface area contributed by atoms with Crippen LogP contribution in [0.3, 0.4) is 0 Å². The Bertz CT molecular complexity index is 554. The largest absolute Gasteiger partial charge is 0.492 e. The van der Waals surface area contributed by atoms with Crippen LogP contribution in [0.15, 0.2) is 28.2 Å². The number of rotatable bonds is 6. The standard InChI is InChI=1S/C18H24BrNO2/c1-3-8-20-9-7-17(21)15(13-20)11-14-5-6-18(16(19)12-14)22-10-4-2/h5-6,11-12H,3-4,7-10,13H2,1-2H3/b15-11+. The van der Waals surface area contributed by atoms with E-state index in [-0.39, 0.29) is 5.78 Å². The minimum Gasteiger partial charge on any atom is -0.492 e. The zero-order chi connectivity index (χ0) is 15.9. The molecule has 0 bridgehead atoms. The van der Waals surface area contributed by atoms with Crippen molar-refractivity contribution in [1.82, 2.24) is 4.90 Å². The van der Waals surface area contributed by atoms with Gasteiger partial charge in [-0.25, -0.2) is 0 Å². The second-order valence-electron chi connectivity index (χ2n) is 5.66. The van der Waals surface area contributed by atoms with Gasteiger partial charge >= 0.3 is 0 Å². The predicted molar refractivity (Wildman–Crippen MR) is 94.3 cm³/mol. The second kappa shape index (κ2) is 8.49. The predicted octanol–water partition coefficient (Wildman–Crippen LogP) is 4.31. The Morgan fingerprint density at radius 1 is 1.32 bits per heavy atom. The number of Topliss-reactive ketones (excluding diaryl/α,β-unsaturated/α-hetero) is 1. The highest BCUT2D eigenvalue weighted by atomic mass is 79.9. The van der Waals surface area contributed by atoms with Crippen LogP contribution in [0.1, 0.15) is 38.7 Å². The summed E-state index contributed by atoms with van der Waals surface area (Å²) in [5.74, 6) is 1.13. The number of benzene rings is 1. The first-order valence-electron chi connectivity index (χ1n) is 8.02. The van der Waals surface area contributed by atoms with Crippen LogP contribution in [0.5, 0.6) is 5.75 Å². The van der Waals surface area contributed by atoms with Crippen molar-refractivity contribution in [1.29, 1.82) is 0 Å². The fraction of sp³-hybridized carbons (Fsp3) is 0.500. The fourth-order valence-electron chi connectivity index (χ4n) is 2.60. The maximum atomic E-state index is 12.1.